The van der Waals surface area contributed by atoms with Gasteiger partial charge in [-0.05, 0) is 19.9 Å². The Hall–Kier alpha value is -1.45. The van der Waals surface area contributed by atoms with E-state index >= 15 is 0 Å². The van der Waals surface area contributed by atoms with E-state index in [1.54, 1.807) is 0 Å². The number of Topliss-reactive ketones (excluding diaryl/α,β-unsaturated/α-hetero) is 1. The lowest BCUT2D eigenvalue weighted by Gasteiger charge is -2.14. The minimum atomic E-state index is 0.271. The van der Waals surface area contributed by atoms with Gasteiger partial charge in [-0.2, -0.15) is 0 Å². The van der Waals surface area contributed by atoms with E-state index in [-0.39, 0.29) is 5.78 Å². The second-order valence-corrected chi connectivity index (χ2v) is 3.66. The number of rotatable bonds is 1. The Morgan fingerprint density at radius 3 is 2.43 bits per heavy atom. The van der Waals surface area contributed by atoms with E-state index in [1.165, 1.54) is 0 Å². The van der Waals surface area contributed by atoms with Gasteiger partial charge in [-0.1, -0.05) is 0 Å². The summed E-state index contributed by atoms with van der Waals surface area (Å²) in [4.78, 5) is 21.7. The van der Waals surface area contributed by atoms with Crippen LogP contribution in [0.2, 0.25) is 0 Å². The van der Waals surface area contributed by atoms with Gasteiger partial charge in [0.1, 0.15) is 0 Å². The lowest BCUT2D eigenvalue weighted by atomic mass is 10.3. The van der Waals surface area contributed by atoms with E-state index in [9.17, 15) is 4.79 Å². The molecule has 1 aliphatic rings. The lowest BCUT2D eigenvalue weighted by molar-refractivity contribution is -0.116. The molecule has 14 heavy (non-hydrogen) atoms. The SMILES string of the molecule is Cc1cc(C)nc(N2CCC(=O)C2)n1. The molecule has 0 aromatic carbocycles. The molecular weight excluding hydrogens is 178 g/mol. The second-order valence-electron chi connectivity index (χ2n) is 3.66. The number of anilines is 1. The molecule has 1 saturated heterocycles. The molecule has 1 aromatic heterocycles. The maximum atomic E-state index is 11.1. The van der Waals surface area contributed by atoms with Gasteiger partial charge in [-0.25, -0.2) is 9.97 Å². The third-order valence-corrected chi connectivity index (χ3v) is 2.28. The summed E-state index contributed by atoms with van der Waals surface area (Å²) in [6.07, 6.45) is 0.621. The van der Waals surface area contributed by atoms with Crippen molar-refractivity contribution >= 4 is 11.7 Å². The molecule has 0 aliphatic carbocycles. The zero-order valence-corrected chi connectivity index (χ0v) is 8.45. The summed E-state index contributed by atoms with van der Waals surface area (Å²) in [5.41, 5.74) is 1.90. The summed E-state index contributed by atoms with van der Waals surface area (Å²) in [7, 11) is 0. The molecular formula is C10H13N3O. The number of carbonyl (C=O) groups excluding carboxylic acids is 1. The average Bonchev–Trinajstić information content (AvgIpc) is 2.50. The third kappa shape index (κ3) is 1.73. The highest BCUT2D eigenvalue weighted by Crippen LogP contribution is 2.14. The summed E-state index contributed by atoms with van der Waals surface area (Å²) >= 11 is 0. The number of hydrogen-bond acceptors (Lipinski definition) is 4. The monoisotopic (exact) mass is 191 g/mol. The quantitative estimate of drug-likeness (QED) is 0.661. The molecule has 0 bridgehead atoms. The van der Waals surface area contributed by atoms with Crippen LogP contribution in [0.25, 0.3) is 0 Å². The summed E-state index contributed by atoms with van der Waals surface area (Å²) < 4.78 is 0. The van der Waals surface area contributed by atoms with Crippen molar-refractivity contribution < 1.29 is 4.79 Å². The number of ketones is 1. The standard InChI is InChI=1S/C10H13N3O/c1-7-5-8(2)12-10(11-7)13-4-3-9(14)6-13/h5H,3-4,6H2,1-2H3. The van der Waals surface area contributed by atoms with Crippen molar-refractivity contribution in [2.24, 2.45) is 0 Å². The van der Waals surface area contributed by atoms with Crippen LogP contribution in [0, 0.1) is 13.8 Å². The Bertz CT molecular complexity index is 355. The highest BCUT2D eigenvalue weighted by molar-refractivity contribution is 5.86. The predicted molar refractivity (Wildman–Crippen MR) is 53.3 cm³/mol. The van der Waals surface area contributed by atoms with Crippen molar-refractivity contribution in [3.8, 4) is 0 Å². The van der Waals surface area contributed by atoms with Gasteiger partial charge in [0.2, 0.25) is 5.95 Å². The van der Waals surface area contributed by atoms with E-state index in [2.05, 4.69) is 9.97 Å². The Balaban J connectivity index is 2.27. The highest BCUT2D eigenvalue weighted by atomic mass is 16.1. The molecule has 4 nitrogen and oxygen atoms in total. The van der Waals surface area contributed by atoms with E-state index in [0.717, 1.165) is 17.9 Å². The normalized spacial score (nSPS) is 16.4. The number of hydrogen-bond donors (Lipinski definition) is 0. The number of nitrogens with zero attached hydrogens (tertiary/aromatic N) is 3. The lowest BCUT2D eigenvalue weighted by Crippen LogP contribution is -2.22. The molecule has 1 aliphatic heterocycles. The van der Waals surface area contributed by atoms with E-state index in [0.29, 0.717) is 18.9 Å². The summed E-state index contributed by atoms with van der Waals surface area (Å²) in [6.45, 7) is 5.09. The van der Waals surface area contributed by atoms with Crippen LogP contribution in [0.4, 0.5) is 5.95 Å². The first-order chi connectivity index (χ1) is 6.65. The fourth-order valence-electron chi connectivity index (χ4n) is 1.65. The minimum absolute atomic E-state index is 0.271. The molecule has 0 spiro atoms. The Morgan fingerprint density at radius 1 is 1.29 bits per heavy atom. The Labute approximate surface area is 83.0 Å². The van der Waals surface area contributed by atoms with Crippen molar-refractivity contribution in [3.63, 3.8) is 0 Å². The van der Waals surface area contributed by atoms with Gasteiger partial charge < -0.3 is 4.90 Å². The fourth-order valence-corrected chi connectivity index (χ4v) is 1.65. The van der Waals surface area contributed by atoms with Crippen LogP contribution in [0.15, 0.2) is 6.07 Å². The zero-order valence-electron chi connectivity index (χ0n) is 8.45. The maximum Gasteiger partial charge on any atom is 0.226 e. The molecule has 0 N–H and O–H groups in total. The Morgan fingerprint density at radius 2 is 1.93 bits per heavy atom. The highest BCUT2D eigenvalue weighted by Gasteiger charge is 2.21. The summed E-state index contributed by atoms with van der Waals surface area (Å²) in [6, 6.07) is 1.93. The van der Waals surface area contributed by atoms with Crippen LogP contribution in [-0.2, 0) is 4.79 Å². The fraction of sp³-hybridized carbons (Fsp3) is 0.500. The van der Waals surface area contributed by atoms with E-state index in [1.807, 2.05) is 24.8 Å². The van der Waals surface area contributed by atoms with Crippen LogP contribution < -0.4 is 4.90 Å². The molecule has 4 heteroatoms. The third-order valence-electron chi connectivity index (χ3n) is 2.28. The maximum absolute atomic E-state index is 11.1. The van der Waals surface area contributed by atoms with Crippen LogP contribution in [0.5, 0.6) is 0 Å². The largest absolute Gasteiger partial charge is 0.333 e. The van der Waals surface area contributed by atoms with Gasteiger partial charge in [0.25, 0.3) is 0 Å². The molecule has 0 atom stereocenters. The molecule has 1 fully saturated rings. The first kappa shape index (κ1) is 9.12. The molecule has 2 rings (SSSR count). The predicted octanol–water partition coefficient (Wildman–Crippen LogP) is 0.873. The average molecular weight is 191 g/mol. The van der Waals surface area contributed by atoms with Gasteiger partial charge in [-0.3, -0.25) is 4.79 Å². The van der Waals surface area contributed by atoms with Crippen LogP contribution >= 0.6 is 0 Å². The van der Waals surface area contributed by atoms with Gasteiger partial charge in [0.15, 0.2) is 5.78 Å². The first-order valence-electron chi connectivity index (χ1n) is 4.74. The van der Waals surface area contributed by atoms with Crippen LogP contribution in [0.3, 0.4) is 0 Å². The number of aromatic nitrogens is 2. The van der Waals surface area contributed by atoms with Crippen molar-refractivity contribution in [3.05, 3.63) is 17.5 Å². The summed E-state index contributed by atoms with van der Waals surface area (Å²) in [5, 5.41) is 0. The van der Waals surface area contributed by atoms with Crippen molar-refractivity contribution in [2.75, 3.05) is 18.0 Å². The molecule has 0 unspecified atom stereocenters. The minimum Gasteiger partial charge on any atom is -0.333 e. The van der Waals surface area contributed by atoms with Crippen LogP contribution in [-0.4, -0.2) is 28.8 Å². The smallest absolute Gasteiger partial charge is 0.226 e. The topological polar surface area (TPSA) is 46.1 Å². The Kier molecular flexibility index (Phi) is 2.19. The van der Waals surface area contributed by atoms with Crippen molar-refractivity contribution in [2.45, 2.75) is 20.3 Å². The number of aryl methyl sites for hydroxylation is 2. The van der Waals surface area contributed by atoms with E-state index in [4.69, 9.17) is 0 Å². The molecule has 74 valence electrons. The molecule has 0 saturated carbocycles. The second kappa shape index (κ2) is 3.36. The first-order valence-corrected chi connectivity index (χ1v) is 4.74. The van der Waals surface area contributed by atoms with Gasteiger partial charge in [0, 0.05) is 24.4 Å². The van der Waals surface area contributed by atoms with Gasteiger partial charge >= 0.3 is 0 Å². The van der Waals surface area contributed by atoms with Crippen LogP contribution in [0.1, 0.15) is 17.8 Å². The van der Waals surface area contributed by atoms with Crippen molar-refractivity contribution in [1.29, 1.82) is 0 Å². The van der Waals surface area contributed by atoms with Gasteiger partial charge in [0.05, 0.1) is 6.54 Å². The van der Waals surface area contributed by atoms with Crippen molar-refractivity contribution in [1.82, 2.24) is 9.97 Å². The molecule has 2 heterocycles. The van der Waals surface area contributed by atoms with E-state index < -0.39 is 0 Å². The number of carbonyl (C=O) groups is 1. The molecule has 0 radical (unpaired) electrons. The molecule has 1 aromatic rings. The van der Waals surface area contributed by atoms with Gasteiger partial charge in [-0.15, -0.1) is 0 Å². The zero-order chi connectivity index (χ0) is 10.1. The molecule has 0 amide bonds. The summed E-state index contributed by atoms with van der Waals surface area (Å²) in [5.74, 6) is 0.959.